The van der Waals surface area contributed by atoms with Gasteiger partial charge in [-0.15, -0.1) is 10.2 Å². The Labute approximate surface area is 174 Å². The lowest BCUT2D eigenvalue weighted by Gasteiger charge is -2.31. The van der Waals surface area contributed by atoms with Crippen molar-refractivity contribution < 1.29 is 9.59 Å². The molecule has 8 nitrogen and oxygen atoms in total. The van der Waals surface area contributed by atoms with Gasteiger partial charge in [0.25, 0.3) is 5.91 Å². The summed E-state index contributed by atoms with van der Waals surface area (Å²) in [6, 6.07) is 13.1. The van der Waals surface area contributed by atoms with Gasteiger partial charge in [0.15, 0.2) is 5.65 Å². The largest absolute Gasteiger partial charge is 0.339 e. The topological polar surface area (TPSA) is 91.6 Å². The molecule has 5 rings (SSSR count). The van der Waals surface area contributed by atoms with Crippen LogP contribution in [0.3, 0.4) is 0 Å². The van der Waals surface area contributed by atoms with Gasteiger partial charge in [-0.25, -0.2) is 4.79 Å². The average molecular weight is 404 g/mol. The Morgan fingerprint density at radius 2 is 1.70 bits per heavy atom. The minimum atomic E-state index is -0.195. The van der Waals surface area contributed by atoms with E-state index in [1.165, 1.54) is 0 Å². The summed E-state index contributed by atoms with van der Waals surface area (Å²) in [5, 5.41) is 14.3. The number of anilines is 1. The van der Waals surface area contributed by atoms with Crippen molar-refractivity contribution >= 4 is 23.3 Å². The summed E-state index contributed by atoms with van der Waals surface area (Å²) in [4.78, 5) is 26.6. The van der Waals surface area contributed by atoms with Crippen molar-refractivity contribution in [2.75, 3.05) is 18.4 Å². The molecule has 1 saturated heterocycles. The van der Waals surface area contributed by atoms with Gasteiger partial charge in [-0.2, -0.15) is 0 Å². The number of nitrogens with zero attached hydrogens (tertiary/aromatic N) is 4. The first-order chi connectivity index (χ1) is 14.7. The molecular weight excluding hydrogens is 380 g/mol. The average Bonchev–Trinajstić information content (AvgIpc) is 3.48. The summed E-state index contributed by atoms with van der Waals surface area (Å²) in [7, 11) is 0. The van der Waals surface area contributed by atoms with E-state index >= 15 is 0 Å². The van der Waals surface area contributed by atoms with E-state index in [-0.39, 0.29) is 11.9 Å². The molecule has 3 amide bonds. The van der Waals surface area contributed by atoms with Gasteiger partial charge in [0, 0.05) is 42.5 Å². The number of benzene rings is 1. The van der Waals surface area contributed by atoms with E-state index in [4.69, 9.17) is 0 Å². The number of amides is 3. The Kier molecular flexibility index (Phi) is 4.82. The Bertz CT molecular complexity index is 1060. The van der Waals surface area contributed by atoms with E-state index in [1.807, 2.05) is 33.7 Å². The van der Waals surface area contributed by atoms with Crippen LogP contribution in [0.4, 0.5) is 10.5 Å². The number of aromatic nitrogens is 3. The SMILES string of the molecule is O=C(Nc1ccc(C(=O)N2CCC(c3nnc4ccccn34)CC2)cc1)NC1CC1. The molecular formula is C22H24N6O2. The summed E-state index contributed by atoms with van der Waals surface area (Å²) in [5.41, 5.74) is 2.17. The summed E-state index contributed by atoms with van der Waals surface area (Å²) in [5.74, 6) is 1.29. The van der Waals surface area contributed by atoms with Crippen LogP contribution in [0.2, 0.25) is 0 Å². The fourth-order valence-corrected chi connectivity index (χ4v) is 3.94. The minimum absolute atomic E-state index is 0.0218. The second-order valence-electron chi connectivity index (χ2n) is 8.00. The van der Waals surface area contributed by atoms with Crippen LogP contribution < -0.4 is 10.6 Å². The molecule has 30 heavy (non-hydrogen) atoms. The Morgan fingerprint density at radius 3 is 2.43 bits per heavy atom. The number of hydrogen-bond donors (Lipinski definition) is 2. The number of piperidine rings is 1. The number of hydrogen-bond acceptors (Lipinski definition) is 4. The van der Waals surface area contributed by atoms with E-state index in [9.17, 15) is 9.59 Å². The Hall–Kier alpha value is -3.42. The van der Waals surface area contributed by atoms with Gasteiger partial charge in [0.2, 0.25) is 0 Å². The third kappa shape index (κ3) is 3.85. The molecule has 1 saturated carbocycles. The van der Waals surface area contributed by atoms with E-state index < -0.39 is 0 Å². The third-order valence-corrected chi connectivity index (χ3v) is 5.79. The highest BCUT2D eigenvalue weighted by Crippen LogP contribution is 2.28. The van der Waals surface area contributed by atoms with Gasteiger partial charge in [-0.3, -0.25) is 9.20 Å². The molecule has 154 valence electrons. The molecule has 2 aliphatic rings. The fourth-order valence-electron chi connectivity index (χ4n) is 3.94. The van der Waals surface area contributed by atoms with Crippen LogP contribution in [0.25, 0.3) is 5.65 Å². The molecule has 2 fully saturated rings. The molecule has 2 N–H and O–H groups in total. The summed E-state index contributed by atoms with van der Waals surface area (Å²) >= 11 is 0. The van der Waals surface area contributed by atoms with Crippen molar-refractivity contribution in [3.05, 3.63) is 60.0 Å². The maximum Gasteiger partial charge on any atom is 0.319 e. The van der Waals surface area contributed by atoms with Crippen molar-refractivity contribution in [1.82, 2.24) is 24.8 Å². The Balaban J connectivity index is 1.18. The van der Waals surface area contributed by atoms with Crippen molar-refractivity contribution in [3.8, 4) is 0 Å². The van der Waals surface area contributed by atoms with E-state index in [1.54, 1.807) is 24.3 Å². The standard InChI is InChI=1S/C22H24N6O2/c29-21(16-4-6-17(7-5-16)23-22(30)24-18-8-9-18)27-13-10-15(11-14-27)20-26-25-19-3-1-2-12-28(19)20/h1-7,12,15,18H,8-11,13-14H2,(H2,23,24,30). The van der Waals surface area contributed by atoms with Crippen molar-refractivity contribution in [2.24, 2.45) is 0 Å². The predicted molar refractivity (Wildman–Crippen MR) is 112 cm³/mol. The lowest BCUT2D eigenvalue weighted by atomic mass is 9.95. The number of nitrogens with one attached hydrogen (secondary N) is 2. The molecule has 0 unspecified atom stereocenters. The number of rotatable bonds is 4. The number of pyridine rings is 1. The molecule has 8 heteroatoms. The van der Waals surface area contributed by atoms with Gasteiger partial charge in [-0.05, 0) is 62.1 Å². The zero-order valence-electron chi connectivity index (χ0n) is 16.6. The molecule has 2 aromatic heterocycles. The monoisotopic (exact) mass is 404 g/mol. The molecule has 3 heterocycles. The predicted octanol–water partition coefficient (Wildman–Crippen LogP) is 3.03. The molecule has 0 spiro atoms. The van der Waals surface area contributed by atoms with E-state index in [2.05, 4.69) is 20.8 Å². The smallest absolute Gasteiger partial charge is 0.319 e. The van der Waals surface area contributed by atoms with Crippen molar-refractivity contribution in [1.29, 1.82) is 0 Å². The number of likely N-dealkylation sites (tertiary alicyclic amines) is 1. The van der Waals surface area contributed by atoms with Gasteiger partial charge < -0.3 is 15.5 Å². The van der Waals surface area contributed by atoms with E-state index in [0.717, 1.165) is 37.2 Å². The molecule has 3 aromatic rings. The first kappa shape index (κ1) is 18.6. The van der Waals surface area contributed by atoms with Crippen LogP contribution in [-0.2, 0) is 0 Å². The van der Waals surface area contributed by atoms with Crippen LogP contribution >= 0.6 is 0 Å². The van der Waals surface area contributed by atoms with Crippen LogP contribution in [0.1, 0.15) is 47.8 Å². The Morgan fingerprint density at radius 1 is 0.933 bits per heavy atom. The molecule has 0 radical (unpaired) electrons. The van der Waals surface area contributed by atoms with Crippen LogP contribution in [0.15, 0.2) is 48.7 Å². The number of fused-ring (bicyclic) bond motifs is 1. The van der Waals surface area contributed by atoms with Crippen LogP contribution in [-0.4, -0.2) is 50.6 Å². The number of carbonyl (C=O) groups is 2. The lowest BCUT2D eigenvalue weighted by Crippen LogP contribution is -2.38. The lowest BCUT2D eigenvalue weighted by molar-refractivity contribution is 0.0711. The van der Waals surface area contributed by atoms with Gasteiger partial charge in [0.05, 0.1) is 0 Å². The second-order valence-corrected chi connectivity index (χ2v) is 8.00. The van der Waals surface area contributed by atoms with E-state index in [0.29, 0.717) is 36.3 Å². The first-order valence-corrected chi connectivity index (χ1v) is 10.4. The zero-order chi connectivity index (χ0) is 20.5. The normalized spacial score (nSPS) is 17.1. The molecule has 1 aliphatic heterocycles. The molecule has 1 aliphatic carbocycles. The second kappa shape index (κ2) is 7.78. The van der Waals surface area contributed by atoms with Gasteiger partial charge in [-0.1, -0.05) is 6.07 Å². The molecule has 1 aromatic carbocycles. The highest BCUT2D eigenvalue weighted by atomic mass is 16.2. The van der Waals surface area contributed by atoms with Crippen LogP contribution in [0.5, 0.6) is 0 Å². The van der Waals surface area contributed by atoms with Gasteiger partial charge >= 0.3 is 6.03 Å². The van der Waals surface area contributed by atoms with Crippen LogP contribution in [0, 0.1) is 0 Å². The third-order valence-electron chi connectivity index (χ3n) is 5.79. The summed E-state index contributed by atoms with van der Waals surface area (Å²) in [6.45, 7) is 1.38. The number of carbonyl (C=O) groups excluding carboxylic acids is 2. The maximum atomic E-state index is 12.9. The summed E-state index contributed by atoms with van der Waals surface area (Å²) in [6.07, 6.45) is 5.81. The quantitative estimate of drug-likeness (QED) is 0.699. The highest BCUT2D eigenvalue weighted by molar-refractivity contribution is 5.95. The minimum Gasteiger partial charge on any atom is -0.339 e. The fraction of sp³-hybridized carbons (Fsp3) is 0.364. The van der Waals surface area contributed by atoms with Crippen molar-refractivity contribution in [2.45, 2.75) is 37.6 Å². The molecule has 0 bridgehead atoms. The maximum absolute atomic E-state index is 12.9. The van der Waals surface area contributed by atoms with Crippen molar-refractivity contribution in [3.63, 3.8) is 0 Å². The molecule has 0 atom stereocenters. The first-order valence-electron chi connectivity index (χ1n) is 10.4. The summed E-state index contributed by atoms with van der Waals surface area (Å²) < 4.78 is 2.03. The highest BCUT2D eigenvalue weighted by Gasteiger charge is 2.27. The number of urea groups is 1. The van der Waals surface area contributed by atoms with Gasteiger partial charge in [0.1, 0.15) is 5.82 Å². The zero-order valence-corrected chi connectivity index (χ0v) is 16.6.